The molecule has 1 aromatic rings. The van der Waals surface area contributed by atoms with E-state index in [2.05, 4.69) is 38.4 Å². The van der Waals surface area contributed by atoms with Crippen LogP contribution in [-0.4, -0.2) is 4.98 Å². The van der Waals surface area contributed by atoms with Crippen molar-refractivity contribution < 1.29 is 0 Å². The quantitative estimate of drug-likeness (QED) is 0.780. The molecule has 0 amide bonds. The lowest BCUT2D eigenvalue weighted by Gasteiger charge is -2.25. The van der Waals surface area contributed by atoms with Gasteiger partial charge in [0.05, 0.1) is 0 Å². The second-order valence-corrected chi connectivity index (χ2v) is 6.56. The van der Waals surface area contributed by atoms with Crippen molar-refractivity contribution in [2.24, 2.45) is 16.9 Å². The predicted molar refractivity (Wildman–Crippen MR) is 96.1 cm³/mol. The molecular weight excluding hydrogens is 270 g/mol. The first-order valence-corrected chi connectivity index (χ1v) is 7.67. The third-order valence-corrected chi connectivity index (χ3v) is 3.97. The summed E-state index contributed by atoms with van der Waals surface area (Å²) in [5.74, 6) is 0. The average Bonchev–Trinajstić information content (AvgIpc) is 2.41. The summed E-state index contributed by atoms with van der Waals surface area (Å²) >= 11 is 0. The Kier molecular flexibility index (Phi) is 5.98. The van der Waals surface area contributed by atoms with Crippen LogP contribution in [0, 0.1) is 19.3 Å². The second-order valence-electron chi connectivity index (χ2n) is 6.56. The topological polar surface area (TPSA) is 64.9 Å². The molecule has 22 heavy (non-hydrogen) atoms. The molecule has 0 aliphatic carbocycles. The van der Waals surface area contributed by atoms with Gasteiger partial charge in [0.25, 0.3) is 0 Å². The van der Waals surface area contributed by atoms with Crippen molar-refractivity contribution >= 4 is 6.08 Å². The number of aromatic nitrogens is 1. The van der Waals surface area contributed by atoms with Gasteiger partial charge in [-0.05, 0) is 63.0 Å². The second kappa shape index (κ2) is 7.30. The van der Waals surface area contributed by atoms with Crippen LogP contribution < -0.4 is 11.5 Å². The summed E-state index contributed by atoms with van der Waals surface area (Å²) in [6, 6.07) is 2.09. The van der Waals surface area contributed by atoms with Crippen LogP contribution in [0.1, 0.15) is 49.7 Å². The van der Waals surface area contributed by atoms with E-state index in [1.165, 1.54) is 5.56 Å². The van der Waals surface area contributed by atoms with Crippen molar-refractivity contribution in [1.29, 1.82) is 0 Å². The Bertz CT molecular complexity index is 603. The molecule has 1 rings (SSSR count). The number of hydrogen-bond acceptors (Lipinski definition) is 3. The van der Waals surface area contributed by atoms with Crippen LogP contribution in [-0.2, 0) is 6.42 Å². The fraction of sp³-hybridized carbons (Fsp3) is 0.421. The lowest BCUT2D eigenvalue weighted by atomic mass is 9.83. The molecule has 0 aliphatic heterocycles. The first-order chi connectivity index (χ1) is 10.2. The van der Waals surface area contributed by atoms with Gasteiger partial charge in [-0.3, -0.25) is 4.98 Å². The highest BCUT2D eigenvalue weighted by molar-refractivity contribution is 5.54. The maximum Gasteiger partial charge on any atom is 0.0481 e. The zero-order valence-corrected chi connectivity index (χ0v) is 14.5. The number of nitrogens with zero attached hydrogens (tertiary/aromatic N) is 1. The Labute approximate surface area is 134 Å². The molecule has 0 fully saturated rings. The van der Waals surface area contributed by atoms with Crippen LogP contribution in [0.5, 0.6) is 0 Å². The largest absolute Gasteiger partial charge is 0.402 e. The molecule has 0 bridgehead atoms. The smallest absolute Gasteiger partial charge is 0.0481 e. The Morgan fingerprint density at radius 2 is 1.91 bits per heavy atom. The van der Waals surface area contributed by atoms with E-state index in [4.69, 9.17) is 11.5 Å². The molecule has 0 unspecified atom stereocenters. The summed E-state index contributed by atoms with van der Waals surface area (Å²) in [6.07, 6.45) is 7.43. The van der Waals surface area contributed by atoms with Gasteiger partial charge in [-0.25, -0.2) is 0 Å². The summed E-state index contributed by atoms with van der Waals surface area (Å²) < 4.78 is 0. The number of aryl methyl sites for hydroxylation is 3. The molecule has 0 aromatic carbocycles. The first kappa shape index (κ1) is 18.0. The molecule has 0 atom stereocenters. The molecular formula is C19H29N3. The summed E-state index contributed by atoms with van der Waals surface area (Å²) in [5.41, 5.74) is 17.9. The lowest BCUT2D eigenvalue weighted by molar-refractivity contribution is 0.401. The molecule has 1 heterocycles. The minimum atomic E-state index is -0.107. The molecule has 3 nitrogen and oxygen atoms in total. The zero-order chi connectivity index (χ0) is 16.9. The van der Waals surface area contributed by atoms with Gasteiger partial charge < -0.3 is 11.5 Å². The zero-order valence-electron chi connectivity index (χ0n) is 14.5. The summed E-state index contributed by atoms with van der Waals surface area (Å²) in [6.45, 7) is 14.2. The van der Waals surface area contributed by atoms with E-state index in [-0.39, 0.29) is 5.41 Å². The fourth-order valence-corrected chi connectivity index (χ4v) is 2.42. The van der Waals surface area contributed by atoms with Crippen LogP contribution >= 0.6 is 0 Å². The number of hydrogen-bond donors (Lipinski definition) is 2. The van der Waals surface area contributed by atoms with Crippen LogP contribution in [0.3, 0.4) is 0 Å². The summed E-state index contributed by atoms with van der Waals surface area (Å²) in [7, 11) is 0. The van der Waals surface area contributed by atoms with Gasteiger partial charge in [0.1, 0.15) is 0 Å². The maximum absolute atomic E-state index is 6.21. The van der Waals surface area contributed by atoms with Crippen molar-refractivity contribution in [3.05, 3.63) is 58.7 Å². The molecule has 0 saturated heterocycles. The van der Waals surface area contributed by atoms with Gasteiger partial charge in [-0.15, -0.1) is 0 Å². The van der Waals surface area contributed by atoms with Crippen molar-refractivity contribution in [2.45, 2.75) is 47.5 Å². The third-order valence-electron chi connectivity index (χ3n) is 3.97. The van der Waals surface area contributed by atoms with E-state index in [0.717, 1.165) is 41.2 Å². The minimum Gasteiger partial charge on any atom is -0.402 e. The van der Waals surface area contributed by atoms with Crippen molar-refractivity contribution in [3.63, 3.8) is 0 Å². The van der Waals surface area contributed by atoms with Crippen molar-refractivity contribution in [3.8, 4) is 0 Å². The molecule has 1 aromatic heterocycles. The van der Waals surface area contributed by atoms with E-state index in [9.17, 15) is 0 Å². The van der Waals surface area contributed by atoms with E-state index in [1.807, 2.05) is 32.1 Å². The monoisotopic (exact) mass is 299 g/mol. The predicted octanol–water partition coefficient (Wildman–Crippen LogP) is 4.01. The van der Waals surface area contributed by atoms with Crippen molar-refractivity contribution in [2.75, 3.05) is 0 Å². The van der Waals surface area contributed by atoms with Crippen LogP contribution in [0.4, 0.5) is 0 Å². The number of rotatable bonds is 6. The highest BCUT2D eigenvalue weighted by Gasteiger charge is 2.21. The van der Waals surface area contributed by atoms with E-state index < -0.39 is 0 Å². The van der Waals surface area contributed by atoms with Gasteiger partial charge in [0, 0.05) is 28.2 Å². The molecule has 0 aliphatic rings. The van der Waals surface area contributed by atoms with Crippen LogP contribution in [0.2, 0.25) is 0 Å². The van der Waals surface area contributed by atoms with Gasteiger partial charge in [-0.1, -0.05) is 26.5 Å². The normalized spacial score (nSPS) is 13.3. The summed E-state index contributed by atoms with van der Waals surface area (Å²) in [5, 5.41) is 0. The standard InChI is InChI=1S/C19H29N3/c1-7-16-13(2)12-15(4)22-17(16)10-11-19(5,6)18(21)9-8-14(3)20/h7-9,12H,1,10-11,20-21H2,2-6H3/b14-8-,18-9-. The highest BCUT2D eigenvalue weighted by Crippen LogP contribution is 2.29. The Morgan fingerprint density at radius 3 is 2.45 bits per heavy atom. The van der Waals surface area contributed by atoms with E-state index >= 15 is 0 Å². The van der Waals surface area contributed by atoms with Gasteiger partial charge >= 0.3 is 0 Å². The minimum absolute atomic E-state index is 0.107. The first-order valence-electron chi connectivity index (χ1n) is 7.67. The number of pyridine rings is 1. The van der Waals surface area contributed by atoms with Gasteiger partial charge in [0.15, 0.2) is 0 Å². The Balaban J connectivity index is 2.96. The van der Waals surface area contributed by atoms with Gasteiger partial charge in [0.2, 0.25) is 0 Å². The van der Waals surface area contributed by atoms with Crippen LogP contribution in [0.15, 0.2) is 36.2 Å². The summed E-state index contributed by atoms with van der Waals surface area (Å²) in [4.78, 5) is 4.68. The molecule has 120 valence electrons. The van der Waals surface area contributed by atoms with E-state index in [1.54, 1.807) is 0 Å². The Hall–Kier alpha value is -2.03. The lowest BCUT2D eigenvalue weighted by Crippen LogP contribution is -2.22. The van der Waals surface area contributed by atoms with Crippen molar-refractivity contribution in [1.82, 2.24) is 4.98 Å². The van der Waals surface area contributed by atoms with Gasteiger partial charge in [-0.2, -0.15) is 0 Å². The average molecular weight is 299 g/mol. The SMILES string of the molecule is C=Cc1c(C)cc(C)nc1CCC(C)(C)/C(N)=C/C=C(/C)N. The Morgan fingerprint density at radius 1 is 1.27 bits per heavy atom. The molecule has 0 spiro atoms. The molecule has 0 radical (unpaired) electrons. The molecule has 3 heteroatoms. The third kappa shape index (κ3) is 4.76. The molecule has 4 N–H and O–H groups in total. The van der Waals surface area contributed by atoms with E-state index in [0.29, 0.717) is 0 Å². The maximum atomic E-state index is 6.21. The molecule has 0 saturated carbocycles. The number of allylic oxidation sites excluding steroid dienone is 4. The fourth-order valence-electron chi connectivity index (χ4n) is 2.42. The highest BCUT2D eigenvalue weighted by atomic mass is 14.7. The number of nitrogens with two attached hydrogens (primary N) is 2. The van der Waals surface area contributed by atoms with Crippen LogP contribution in [0.25, 0.3) is 6.08 Å².